The summed E-state index contributed by atoms with van der Waals surface area (Å²) >= 11 is 0. The van der Waals surface area contributed by atoms with Crippen molar-refractivity contribution in [2.75, 3.05) is 10.2 Å². The van der Waals surface area contributed by atoms with E-state index in [1.165, 1.54) is 17.0 Å². The fraction of sp³-hybridized carbons (Fsp3) is 0.0833. The van der Waals surface area contributed by atoms with Crippen LogP contribution in [-0.4, -0.2) is 11.8 Å². The lowest BCUT2D eigenvalue weighted by molar-refractivity contribution is -0.120. The first-order valence-corrected chi connectivity index (χ1v) is 9.24. The molecule has 0 unspecified atom stereocenters. The Kier molecular flexibility index (Phi) is 4.72. The van der Waals surface area contributed by atoms with Crippen molar-refractivity contribution in [2.24, 2.45) is 0 Å². The number of imide groups is 1. The van der Waals surface area contributed by atoms with Crippen LogP contribution in [0.15, 0.2) is 78.5 Å². The minimum atomic E-state index is -0.468. The molecule has 5 heteroatoms. The second-order valence-corrected chi connectivity index (χ2v) is 6.99. The molecule has 1 heterocycles. The molecule has 1 N–H and O–H groups in total. The van der Waals surface area contributed by atoms with Crippen LogP contribution in [0.3, 0.4) is 0 Å². The second-order valence-electron chi connectivity index (χ2n) is 6.99. The van der Waals surface area contributed by atoms with Gasteiger partial charge >= 0.3 is 0 Å². The first-order valence-electron chi connectivity index (χ1n) is 9.24. The molecule has 1 aliphatic heterocycles. The number of amides is 2. The van der Waals surface area contributed by atoms with Gasteiger partial charge in [0.2, 0.25) is 0 Å². The summed E-state index contributed by atoms with van der Waals surface area (Å²) in [5, 5.41) is 2.97. The van der Waals surface area contributed by atoms with Gasteiger partial charge in [0.15, 0.2) is 0 Å². The summed E-state index contributed by atoms with van der Waals surface area (Å²) in [7, 11) is 0. The lowest BCUT2D eigenvalue weighted by Crippen LogP contribution is -2.33. The number of aryl methyl sites for hydroxylation is 2. The van der Waals surface area contributed by atoms with Crippen molar-refractivity contribution >= 4 is 28.8 Å². The average Bonchev–Trinajstić information content (AvgIpc) is 2.93. The molecule has 3 aromatic carbocycles. The number of benzene rings is 3. The highest BCUT2D eigenvalue weighted by Crippen LogP contribution is 2.35. The number of nitrogens with zero attached hydrogens (tertiary/aromatic N) is 1. The zero-order valence-electron chi connectivity index (χ0n) is 16.1. The standard InChI is InChI=1S/C24H19FN2O2/c1-15-11-12-20(16(2)13-15)27-23(28)21(17-7-4-3-5-8-17)22(24(27)29)26-19-10-6-9-18(25)14-19/h3-14,26H,1-2H3. The molecule has 3 aromatic rings. The molecule has 29 heavy (non-hydrogen) atoms. The van der Waals surface area contributed by atoms with Gasteiger partial charge in [0.1, 0.15) is 11.5 Å². The number of nitrogens with one attached hydrogen (secondary N) is 1. The zero-order valence-corrected chi connectivity index (χ0v) is 16.1. The van der Waals surface area contributed by atoms with Gasteiger partial charge in [0, 0.05) is 5.69 Å². The van der Waals surface area contributed by atoms with E-state index < -0.39 is 17.6 Å². The number of anilines is 2. The maximum atomic E-state index is 13.6. The van der Waals surface area contributed by atoms with Crippen LogP contribution >= 0.6 is 0 Å². The molecule has 0 fully saturated rings. The van der Waals surface area contributed by atoms with E-state index in [1.807, 2.05) is 32.0 Å². The molecule has 1 aliphatic rings. The van der Waals surface area contributed by atoms with E-state index in [9.17, 15) is 14.0 Å². The SMILES string of the molecule is Cc1ccc(N2C(=O)C(Nc3cccc(F)c3)=C(c3ccccc3)C2=O)c(C)c1. The summed E-state index contributed by atoms with van der Waals surface area (Å²) in [5.41, 5.74) is 3.82. The monoisotopic (exact) mass is 386 g/mol. The molecule has 144 valence electrons. The Labute approximate surface area is 168 Å². The fourth-order valence-corrected chi connectivity index (χ4v) is 3.50. The van der Waals surface area contributed by atoms with E-state index in [4.69, 9.17) is 0 Å². The third kappa shape index (κ3) is 3.43. The molecule has 0 atom stereocenters. The van der Waals surface area contributed by atoms with Crippen LogP contribution in [0, 0.1) is 19.7 Å². The molecule has 0 saturated carbocycles. The number of halogens is 1. The summed E-state index contributed by atoms with van der Waals surface area (Å²) in [6.07, 6.45) is 0. The summed E-state index contributed by atoms with van der Waals surface area (Å²) in [6.45, 7) is 3.82. The van der Waals surface area contributed by atoms with Crippen molar-refractivity contribution < 1.29 is 14.0 Å². The maximum Gasteiger partial charge on any atom is 0.282 e. The molecular formula is C24H19FN2O2. The lowest BCUT2D eigenvalue weighted by atomic mass is 10.0. The summed E-state index contributed by atoms with van der Waals surface area (Å²) in [5.74, 6) is -1.31. The van der Waals surface area contributed by atoms with Crippen molar-refractivity contribution in [3.63, 3.8) is 0 Å². The van der Waals surface area contributed by atoms with Gasteiger partial charge in [-0.3, -0.25) is 9.59 Å². The van der Waals surface area contributed by atoms with Gasteiger partial charge in [0.25, 0.3) is 11.8 Å². The summed E-state index contributed by atoms with van der Waals surface area (Å²) in [6, 6.07) is 20.4. The Hall–Kier alpha value is -3.73. The van der Waals surface area contributed by atoms with Crippen molar-refractivity contribution in [1.29, 1.82) is 0 Å². The molecule has 4 rings (SSSR count). The Morgan fingerprint density at radius 3 is 2.28 bits per heavy atom. The summed E-state index contributed by atoms with van der Waals surface area (Å²) in [4.78, 5) is 27.9. The highest BCUT2D eigenvalue weighted by atomic mass is 19.1. The van der Waals surface area contributed by atoms with Gasteiger partial charge in [0.05, 0.1) is 11.3 Å². The minimum Gasteiger partial charge on any atom is -0.350 e. The molecule has 4 nitrogen and oxygen atoms in total. The maximum absolute atomic E-state index is 13.6. The zero-order chi connectivity index (χ0) is 20.5. The Balaban J connectivity index is 1.84. The van der Waals surface area contributed by atoms with Crippen LogP contribution in [-0.2, 0) is 9.59 Å². The van der Waals surface area contributed by atoms with Crippen molar-refractivity contribution in [1.82, 2.24) is 0 Å². The Morgan fingerprint density at radius 1 is 0.828 bits per heavy atom. The van der Waals surface area contributed by atoms with Gasteiger partial charge in [-0.05, 0) is 49.2 Å². The van der Waals surface area contributed by atoms with Gasteiger partial charge in [-0.2, -0.15) is 0 Å². The lowest BCUT2D eigenvalue weighted by Gasteiger charge is -2.18. The highest BCUT2D eigenvalue weighted by Gasteiger charge is 2.40. The van der Waals surface area contributed by atoms with E-state index >= 15 is 0 Å². The van der Waals surface area contributed by atoms with Crippen molar-refractivity contribution in [2.45, 2.75) is 13.8 Å². The molecule has 0 spiro atoms. The largest absolute Gasteiger partial charge is 0.350 e. The van der Waals surface area contributed by atoms with Gasteiger partial charge < -0.3 is 5.32 Å². The van der Waals surface area contributed by atoms with Crippen LogP contribution in [0.25, 0.3) is 5.57 Å². The van der Waals surface area contributed by atoms with Crippen molar-refractivity contribution in [3.8, 4) is 0 Å². The Morgan fingerprint density at radius 2 is 1.59 bits per heavy atom. The van der Waals surface area contributed by atoms with E-state index in [0.29, 0.717) is 16.9 Å². The van der Waals surface area contributed by atoms with E-state index in [1.54, 1.807) is 42.5 Å². The van der Waals surface area contributed by atoms with Crippen LogP contribution < -0.4 is 10.2 Å². The number of rotatable bonds is 4. The normalized spacial score (nSPS) is 14.0. The summed E-state index contributed by atoms with van der Waals surface area (Å²) < 4.78 is 13.6. The van der Waals surface area contributed by atoms with Crippen LogP contribution in [0.1, 0.15) is 16.7 Å². The van der Waals surface area contributed by atoms with E-state index in [-0.39, 0.29) is 11.3 Å². The highest BCUT2D eigenvalue weighted by molar-refractivity contribution is 6.46. The van der Waals surface area contributed by atoms with Gasteiger partial charge in [-0.1, -0.05) is 54.1 Å². The van der Waals surface area contributed by atoms with E-state index in [2.05, 4.69) is 5.32 Å². The first kappa shape index (κ1) is 18.6. The predicted molar refractivity (Wildman–Crippen MR) is 112 cm³/mol. The van der Waals surface area contributed by atoms with E-state index in [0.717, 1.165) is 11.1 Å². The van der Waals surface area contributed by atoms with Gasteiger partial charge in [-0.15, -0.1) is 0 Å². The number of carbonyl (C=O) groups excluding carboxylic acids is 2. The quantitative estimate of drug-likeness (QED) is 0.653. The third-order valence-electron chi connectivity index (χ3n) is 4.83. The van der Waals surface area contributed by atoms with Gasteiger partial charge in [-0.25, -0.2) is 9.29 Å². The van der Waals surface area contributed by atoms with Crippen LogP contribution in [0.5, 0.6) is 0 Å². The smallest absolute Gasteiger partial charge is 0.282 e. The molecule has 0 saturated heterocycles. The molecule has 2 amide bonds. The predicted octanol–water partition coefficient (Wildman–Crippen LogP) is 4.84. The van der Waals surface area contributed by atoms with Crippen LogP contribution in [0.2, 0.25) is 0 Å². The number of hydrogen-bond acceptors (Lipinski definition) is 3. The molecule has 0 radical (unpaired) electrons. The molecule has 0 bridgehead atoms. The topological polar surface area (TPSA) is 49.4 Å². The molecule has 0 aliphatic carbocycles. The second kappa shape index (κ2) is 7.36. The third-order valence-corrected chi connectivity index (χ3v) is 4.83. The number of hydrogen-bond donors (Lipinski definition) is 1. The molecular weight excluding hydrogens is 367 g/mol. The average molecular weight is 386 g/mol. The fourth-order valence-electron chi connectivity index (χ4n) is 3.50. The van der Waals surface area contributed by atoms with Crippen LogP contribution in [0.4, 0.5) is 15.8 Å². The first-order chi connectivity index (χ1) is 14.0. The van der Waals surface area contributed by atoms with Crippen molar-refractivity contribution in [3.05, 3.63) is 101 Å². The Bertz CT molecular complexity index is 1150. The number of carbonyl (C=O) groups is 2. The molecule has 0 aromatic heterocycles. The minimum absolute atomic E-state index is 0.131.